The van der Waals surface area contributed by atoms with Crippen LogP contribution < -0.4 is 5.32 Å². The molecule has 0 atom stereocenters. The molecule has 2 nitrogen and oxygen atoms in total. The zero-order valence-electron chi connectivity index (χ0n) is 10.1. The Morgan fingerprint density at radius 1 is 1.07 bits per heavy atom. The van der Waals surface area contributed by atoms with Crippen molar-refractivity contribution in [3.8, 4) is 0 Å². The zero-order chi connectivity index (χ0) is 11.5. The maximum Gasteiger partial charge on any atom is 0.0431 e. The molecule has 0 heterocycles. The zero-order valence-corrected chi connectivity index (χ0v) is 10.1. The highest BCUT2D eigenvalue weighted by Gasteiger charge is 1.90. The van der Waals surface area contributed by atoms with Gasteiger partial charge in [0.25, 0.3) is 0 Å². The summed E-state index contributed by atoms with van der Waals surface area (Å²) in [4.78, 5) is 0. The first-order chi connectivity index (χ1) is 7.33. The van der Waals surface area contributed by atoms with Crippen LogP contribution in [0.2, 0.25) is 0 Å². The van der Waals surface area contributed by atoms with E-state index >= 15 is 0 Å². The number of anilines is 1. The standard InChI is InChI=1S/C11H17NO.C2H6/c1-10-4-6-11(7-5-10)12-8-2-3-9-13;1-2/h4-7,12-13H,2-3,8-9H2,1H3;1-2H3. The molecule has 1 aromatic rings. The van der Waals surface area contributed by atoms with Crippen molar-refractivity contribution >= 4 is 5.69 Å². The summed E-state index contributed by atoms with van der Waals surface area (Å²) in [6, 6.07) is 8.34. The molecule has 0 aliphatic heterocycles. The van der Waals surface area contributed by atoms with Crippen LogP contribution in [0.1, 0.15) is 32.3 Å². The van der Waals surface area contributed by atoms with E-state index in [0.717, 1.165) is 25.1 Å². The van der Waals surface area contributed by atoms with Crippen molar-refractivity contribution in [3.63, 3.8) is 0 Å². The minimum Gasteiger partial charge on any atom is -0.396 e. The number of unbranched alkanes of at least 4 members (excludes halogenated alkanes) is 1. The molecule has 0 spiro atoms. The van der Waals surface area contributed by atoms with Crippen LogP contribution in [-0.2, 0) is 0 Å². The Morgan fingerprint density at radius 2 is 1.67 bits per heavy atom. The fourth-order valence-electron chi connectivity index (χ4n) is 1.14. The molecule has 1 aromatic carbocycles. The summed E-state index contributed by atoms with van der Waals surface area (Å²) in [5.74, 6) is 0. The van der Waals surface area contributed by atoms with Gasteiger partial charge in [0.2, 0.25) is 0 Å². The van der Waals surface area contributed by atoms with Crippen LogP contribution in [-0.4, -0.2) is 18.3 Å². The number of aliphatic hydroxyl groups excluding tert-OH is 1. The summed E-state index contributed by atoms with van der Waals surface area (Å²) in [5, 5.41) is 11.9. The number of nitrogens with one attached hydrogen (secondary N) is 1. The fourth-order valence-corrected chi connectivity index (χ4v) is 1.14. The average molecular weight is 209 g/mol. The third-order valence-electron chi connectivity index (χ3n) is 1.97. The first-order valence-electron chi connectivity index (χ1n) is 5.74. The van der Waals surface area contributed by atoms with E-state index < -0.39 is 0 Å². The van der Waals surface area contributed by atoms with Crippen molar-refractivity contribution in [2.24, 2.45) is 0 Å². The molecule has 0 bridgehead atoms. The molecule has 1 rings (SSSR count). The van der Waals surface area contributed by atoms with Crippen LogP contribution in [0.15, 0.2) is 24.3 Å². The third-order valence-corrected chi connectivity index (χ3v) is 1.97. The van der Waals surface area contributed by atoms with E-state index in [1.807, 2.05) is 13.8 Å². The van der Waals surface area contributed by atoms with Crippen LogP contribution in [0.5, 0.6) is 0 Å². The minimum absolute atomic E-state index is 0.287. The van der Waals surface area contributed by atoms with Crippen molar-refractivity contribution in [1.82, 2.24) is 0 Å². The molecule has 0 radical (unpaired) electrons. The second-order valence-electron chi connectivity index (χ2n) is 3.22. The van der Waals surface area contributed by atoms with E-state index in [9.17, 15) is 0 Å². The lowest BCUT2D eigenvalue weighted by atomic mass is 10.2. The van der Waals surface area contributed by atoms with E-state index in [1.165, 1.54) is 5.56 Å². The number of hydrogen-bond acceptors (Lipinski definition) is 2. The molecule has 15 heavy (non-hydrogen) atoms. The van der Waals surface area contributed by atoms with E-state index in [2.05, 4.69) is 36.5 Å². The van der Waals surface area contributed by atoms with Crippen LogP contribution in [0.4, 0.5) is 5.69 Å². The van der Waals surface area contributed by atoms with Crippen LogP contribution >= 0.6 is 0 Å². The molecule has 86 valence electrons. The maximum atomic E-state index is 8.57. The Bertz CT molecular complexity index is 231. The molecule has 0 unspecified atom stereocenters. The summed E-state index contributed by atoms with van der Waals surface area (Å²) in [7, 11) is 0. The lowest BCUT2D eigenvalue weighted by molar-refractivity contribution is 0.286. The van der Waals surface area contributed by atoms with Crippen molar-refractivity contribution in [3.05, 3.63) is 29.8 Å². The van der Waals surface area contributed by atoms with Crippen LogP contribution in [0.25, 0.3) is 0 Å². The predicted octanol–water partition coefficient (Wildman–Crippen LogP) is 3.21. The molecule has 0 aliphatic carbocycles. The SMILES string of the molecule is CC.Cc1ccc(NCCCCO)cc1. The first kappa shape index (κ1) is 14.0. The number of hydrogen-bond donors (Lipinski definition) is 2. The van der Waals surface area contributed by atoms with Crippen molar-refractivity contribution in [2.45, 2.75) is 33.6 Å². The summed E-state index contributed by atoms with van der Waals surface area (Å²) in [6.07, 6.45) is 1.89. The number of rotatable bonds is 5. The van der Waals surface area contributed by atoms with E-state index in [-0.39, 0.29) is 6.61 Å². The summed E-state index contributed by atoms with van der Waals surface area (Å²) in [6.45, 7) is 7.30. The quantitative estimate of drug-likeness (QED) is 0.730. The van der Waals surface area contributed by atoms with Gasteiger partial charge in [-0.1, -0.05) is 31.5 Å². The van der Waals surface area contributed by atoms with Crippen molar-refractivity contribution in [1.29, 1.82) is 0 Å². The molecule has 2 heteroatoms. The summed E-state index contributed by atoms with van der Waals surface area (Å²) < 4.78 is 0. The largest absolute Gasteiger partial charge is 0.396 e. The van der Waals surface area contributed by atoms with Gasteiger partial charge in [0, 0.05) is 18.8 Å². The van der Waals surface area contributed by atoms with Gasteiger partial charge in [-0.3, -0.25) is 0 Å². The van der Waals surface area contributed by atoms with Crippen LogP contribution in [0.3, 0.4) is 0 Å². The van der Waals surface area contributed by atoms with Gasteiger partial charge in [0.15, 0.2) is 0 Å². The molecule has 0 saturated carbocycles. The highest BCUT2D eigenvalue weighted by atomic mass is 16.2. The Kier molecular flexibility index (Phi) is 8.88. The third kappa shape index (κ3) is 6.97. The smallest absolute Gasteiger partial charge is 0.0431 e. The normalized spacial score (nSPS) is 9.07. The number of aliphatic hydroxyl groups is 1. The lowest BCUT2D eigenvalue weighted by Crippen LogP contribution is -2.01. The highest BCUT2D eigenvalue weighted by molar-refractivity contribution is 5.44. The average Bonchev–Trinajstić information content (AvgIpc) is 2.30. The molecule has 0 amide bonds. The monoisotopic (exact) mass is 209 g/mol. The Labute approximate surface area is 93.3 Å². The van der Waals surface area contributed by atoms with E-state index in [1.54, 1.807) is 0 Å². The molecule has 0 aliphatic rings. The number of benzene rings is 1. The first-order valence-corrected chi connectivity index (χ1v) is 5.74. The van der Waals surface area contributed by atoms with Gasteiger partial charge in [-0.05, 0) is 31.9 Å². The highest BCUT2D eigenvalue weighted by Crippen LogP contribution is 2.08. The molecule has 0 saturated heterocycles. The maximum absolute atomic E-state index is 8.57. The topological polar surface area (TPSA) is 32.3 Å². The lowest BCUT2D eigenvalue weighted by Gasteiger charge is -2.05. The molecular formula is C13H23NO. The van der Waals surface area contributed by atoms with Crippen molar-refractivity contribution in [2.75, 3.05) is 18.5 Å². The van der Waals surface area contributed by atoms with Gasteiger partial charge in [0.1, 0.15) is 0 Å². The Balaban J connectivity index is 0.000000921. The Morgan fingerprint density at radius 3 is 2.20 bits per heavy atom. The minimum atomic E-state index is 0.287. The fraction of sp³-hybridized carbons (Fsp3) is 0.538. The predicted molar refractivity (Wildman–Crippen MR) is 67.3 cm³/mol. The number of aryl methyl sites for hydroxylation is 1. The van der Waals surface area contributed by atoms with Crippen LogP contribution in [0, 0.1) is 6.92 Å². The van der Waals surface area contributed by atoms with Gasteiger partial charge in [-0.25, -0.2) is 0 Å². The molecule has 0 fully saturated rings. The van der Waals surface area contributed by atoms with Gasteiger partial charge in [0.05, 0.1) is 0 Å². The van der Waals surface area contributed by atoms with Gasteiger partial charge in [-0.15, -0.1) is 0 Å². The molecule has 0 aromatic heterocycles. The summed E-state index contributed by atoms with van der Waals surface area (Å²) in [5.41, 5.74) is 2.43. The molecule has 2 N–H and O–H groups in total. The van der Waals surface area contributed by atoms with E-state index in [4.69, 9.17) is 5.11 Å². The summed E-state index contributed by atoms with van der Waals surface area (Å²) >= 11 is 0. The van der Waals surface area contributed by atoms with Gasteiger partial charge >= 0.3 is 0 Å². The van der Waals surface area contributed by atoms with Gasteiger partial charge < -0.3 is 10.4 Å². The van der Waals surface area contributed by atoms with E-state index in [0.29, 0.717) is 0 Å². The van der Waals surface area contributed by atoms with Crippen molar-refractivity contribution < 1.29 is 5.11 Å². The second-order valence-corrected chi connectivity index (χ2v) is 3.22. The molecular weight excluding hydrogens is 186 g/mol. The second kappa shape index (κ2) is 9.53. The van der Waals surface area contributed by atoms with Gasteiger partial charge in [-0.2, -0.15) is 0 Å². The Hall–Kier alpha value is -1.02.